The van der Waals surface area contributed by atoms with Gasteiger partial charge in [0.05, 0.1) is 17.1 Å². The Balaban J connectivity index is 1.93. The molecule has 0 aliphatic carbocycles. The van der Waals surface area contributed by atoms with Crippen molar-refractivity contribution in [3.8, 4) is 0 Å². The van der Waals surface area contributed by atoms with Crippen LogP contribution in [-0.2, 0) is 11.7 Å². The Morgan fingerprint density at radius 2 is 1.65 bits per heavy atom. The van der Waals surface area contributed by atoms with Crippen LogP contribution in [0.25, 0.3) is 0 Å². The van der Waals surface area contributed by atoms with Gasteiger partial charge in [0, 0.05) is 11.7 Å². The van der Waals surface area contributed by atoms with E-state index in [0.29, 0.717) is 11.7 Å². The molecule has 1 fully saturated rings. The van der Waals surface area contributed by atoms with Crippen LogP contribution in [0.1, 0.15) is 29.7 Å². The zero-order valence-electron chi connectivity index (χ0n) is 12.4. The van der Waals surface area contributed by atoms with E-state index in [-0.39, 0.29) is 6.04 Å². The number of nitrogens with one attached hydrogen (secondary N) is 2. The van der Waals surface area contributed by atoms with Crippen molar-refractivity contribution < 1.29 is 13.2 Å². The van der Waals surface area contributed by atoms with Gasteiger partial charge >= 0.3 is 6.18 Å². The Labute approximate surface area is 137 Å². The third-order valence-corrected chi connectivity index (χ3v) is 4.61. The summed E-state index contributed by atoms with van der Waals surface area (Å²) in [7, 11) is 0. The summed E-state index contributed by atoms with van der Waals surface area (Å²) in [6.45, 7) is 2.60. The molecule has 3 rings (SSSR count). The molecule has 0 bridgehead atoms. The predicted molar refractivity (Wildman–Crippen MR) is 84.1 cm³/mol. The molecule has 23 heavy (non-hydrogen) atoms. The second-order valence-electron chi connectivity index (χ2n) is 5.82. The molecule has 2 nitrogen and oxygen atoms in total. The standard InChI is InChI=1S/C17H16ClF3N2/c1-16(12-6-8-14(18)9-7-12)15(22-10-23-16)11-2-4-13(5-3-11)17(19,20)21/h2-9,15,22-23H,10H2,1H3/t15-,16+/m1/s1. The average Bonchev–Trinajstić information content (AvgIpc) is 2.90. The lowest BCUT2D eigenvalue weighted by atomic mass is 9.82. The van der Waals surface area contributed by atoms with Crippen LogP contribution < -0.4 is 10.6 Å². The third-order valence-electron chi connectivity index (χ3n) is 4.35. The quantitative estimate of drug-likeness (QED) is 0.843. The smallest absolute Gasteiger partial charge is 0.296 e. The van der Waals surface area contributed by atoms with E-state index >= 15 is 0 Å². The van der Waals surface area contributed by atoms with Crippen LogP contribution in [0.3, 0.4) is 0 Å². The van der Waals surface area contributed by atoms with Crippen LogP contribution in [0.5, 0.6) is 0 Å². The number of hydrogen-bond donors (Lipinski definition) is 2. The Kier molecular flexibility index (Phi) is 4.12. The maximum absolute atomic E-state index is 12.7. The first-order valence-electron chi connectivity index (χ1n) is 7.22. The van der Waals surface area contributed by atoms with Gasteiger partial charge in [0.15, 0.2) is 0 Å². The Bertz CT molecular complexity index is 682. The first-order valence-corrected chi connectivity index (χ1v) is 7.60. The number of hydrogen-bond acceptors (Lipinski definition) is 2. The SMILES string of the molecule is C[C@@]1(c2ccc(Cl)cc2)NCN[C@@H]1c1ccc(C(F)(F)F)cc1. The van der Waals surface area contributed by atoms with Gasteiger partial charge in [0.2, 0.25) is 0 Å². The zero-order valence-corrected chi connectivity index (χ0v) is 13.2. The average molecular weight is 341 g/mol. The fourth-order valence-electron chi connectivity index (χ4n) is 3.02. The summed E-state index contributed by atoms with van der Waals surface area (Å²) in [4.78, 5) is 0. The first-order chi connectivity index (χ1) is 10.8. The molecule has 0 aromatic heterocycles. The van der Waals surface area contributed by atoms with Crippen molar-refractivity contribution in [2.75, 3.05) is 6.67 Å². The van der Waals surface area contributed by atoms with Crippen molar-refractivity contribution in [1.29, 1.82) is 0 Å². The molecule has 2 aromatic carbocycles. The van der Waals surface area contributed by atoms with Gasteiger partial charge in [-0.1, -0.05) is 35.9 Å². The highest BCUT2D eigenvalue weighted by atomic mass is 35.5. The minimum atomic E-state index is -4.32. The van der Waals surface area contributed by atoms with Crippen molar-refractivity contribution in [3.05, 3.63) is 70.2 Å². The predicted octanol–water partition coefficient (Wildman–Crippen LogP) is 4.47. The molecule has 1 aliphatic heterocycles. The van der Waals surface area contributed by atoms with Gasteiger partial charge < -0.3 is 0 Å². The zero-order chi connectivity index (χ0) is 16.7. The van der Waals surface area contributed by atoms with Crippen molar-refractivity contribution >= 4 is 11.6 Å². The molecule has 2 atom stereocenters. The molecule has 1 aliphatic rings. The van der Waals surface area contributed by atoms with Crippen LogP contribution in [0.4, 0.5) is 13.2 Å². The molecule has 1 saturated heterocycles. The fourth-order valence-corrected chi connectivity index (χ4v) is 3.15. The molecule has 6 heteroatoms. The summed E-state index contributed by atoms with van der Waals surface area (Å²) < 4.78 is 38.1. The molecule has 2 N–H and O–H groups in total. The molecule has 0 spiro atoms. The van der Waals surface area contributed by atoms with Crippen molar-refractivity contribution in [3.63, 3.8) is 0 Å². The topological polar surface area (TPSA) is 24.1 Å². The summed E-state index contributed by atoms with van der Waals surface area (Å²) in [6, 6.07) is 12.7. The molecule has 0 radical (unpaired) electrons. The van der Waals surface area contributed by atoms with E-state index in [1.165, 1.54) is 12.1 Å². The molecule has 0 saturated carbocycles. The lowest BCUT2D eigenvalue weighted by Gasteiger charge is -2.32. The number of benzene rings is 2. The van der Waals surface area contributed by atoms with Crippen molar-refractivity contribution in [2.24, 2.45) is 0 Å². The van der Waals surface area contributed by atoms with Gasteiger partial charge in [-0.2, -0.15) is 13.2 Å². The second-order valence-corrected chi connectivity index (χ2v) is 6.26. The van der Waals surface area contributed by atoms with E-state index in [2.05, 4.69) is 10.6 Å². The van der Waals surface area contributed by atoms with Gasteiger partial charge in [-0.25, -0.2) is 0 Å². The normalized spacial score (nSPS) is 24.8. The van der Waals surface area contributed by atoms with Crippen LogP contribution >= 0.6 is 11.6 Å². The molecular formula is C17H16ClF3N2. The first kappa shape index (κ1) is 16.3. The minimum Gasteiger partial charge on any atom is -0.296 e. The van der Waals surface area contributed by atoms with Crippen molar-refractivity contribution in [2.45, 2.75) is 24.7 Å². The number of halogens is 4. The van der Waals surface area contributed by atoms with Gasteiger partial charge in [-0.05, 0) is 42.3 Å². The lowest BCUT2D eigenvalue weighted by molar-refractivity contribution is -0.137. The molecule has 0 amide bonds. The largest absolute Gasteiger partial charge is 0.416 e. The minimum absolute atomic E-state index is 0.133. The van der Waals surface area contributed by atoms with Crippen LogP contribution in [-0.4, -0.2) is 6.67 Å². The highest BCUT2D eigenvalue weighted by Crippen LogP contribution is 2.39. The molecular weight excluding hydrogens is 325 g/mol. The summed E-state index contributed by atoms with van der Waals surface area (Å²) in [6.07, 6.45) is -4.32. The second kappa shape index (κ2) is 5.82. The molecule has 1 heterocycles. The van der Waals surface area contributed by atoms with E-state index in [1.807, 2.05) is 31.2 Å². The summed E-state index contributed by atoms with van der Waals surface area (Å²) in [5.41, 5.74) is 0.766. The number of alkyl halides is 3. The molecule has 0 unspecified atom stereocenters. The monoisotopic (exact) mass is 340 g/mol. The van der Waals surface area contributed by atoms with Crippen LogP contribution in [0.2, 0.25) is 5.02 Å². The molecule has 122 valence electrons. The Morgan fingerprint density at radius 1 is 1.04 bits per heavy atom. The third kappa shape index (κ3) is 3.09. The van der Waals surface area contributed by atoms with E-state index in [4.69, 9.17) is 11.6 Å². The summed E-state index contributed by atoms with van der Waals surface area (Å²) >= 11 is 5.93. The maximum atomic E-state index is 12.7. The van der Waals surface area contributed by atoms with Gasteiger partial charge in [0.1, 0.15) is 0 Å². The maximum Gasteiger partial charge on any atom is 0.416 e. The van der Waals surface area contributed by atoms with Crippen LogP contribution in [0, 0.1) is 0 Å². The van der Waals surface area contributed by atoms with Gasteiger partial charge in [0.25, 0.3) is 0 Å². The van der Waals surface area contributed by atoms with Crippen LogP contribution in [0.15, 0.2) is 48.5 Å². The van der Waals surface area contributed by atoms with E-state index in [9.17, 15) is 13.2 Å². The Morgan fingerprint density at radius 3 is 2.22 bits per heavy atom. The number of rotatable bonds is 2. The van der Waals surface area contributed by atoms with E-state index in [1.54, 1.807) is 0 Å². The summed E-state index contributed by atoms with van der Waals surface area (Å²) in [5, 5.41) is 7.34. The highest BCUT2D eigenvalue weighted by Gasteiger charge is 2.41. The highest BCUT2D eigenvalue weighted by molar-refractivity contribution is 6.30. The van der Waals surface area contributed by atoms with Crippen molar-refractivity contribution in [1.82, 2.24) is 10.6 Å². The lowest BCUT2D eigenvalue weighted by Crippen LogP contribution is -2.38. The molecule has 2 aromatic rings. The van der Waals surface area contributed by atoms with Gasteiger partial charge in [-0.3, -0.25) is 10.6 Å². The van der Waals surface area contributed by atoms with E-state index < -0.39 is 17.3 Å². The Hall–Kier alpha value is -1.56. The van der Waals surface area contributed by atoms with E-state index in [0.717, 1.165) is 23.3 Å². The fraction of sp³-hybridized carbons (Fsp3) is 0.294. The van der Waals surface area contributed by atoms with Gasteiger partial charge in [-0.15, -0.1) is 0 Å². The summed E-state index contributed by atoms with van der Waals surface area (Å²) in [5.74, 6) is 0.